The number of carbonyl (C=O) groups excluding carboxylic acids is 1. The van der Waals surface area contributed by atoms with Crippen LogP contribution in [-0.4, -0.2) is 60.9 Å². The topological polar surface area (TPSA) is 45.7 Å². The third-order valence-electron chi connectivity index (χ3n) is 5.27. The lowest BCUT2D eigenvalue weighted by Gasteiger charge is -2.29. The number of aromatic nitrogens is 1. The summed E-state index contributed by atoms with van der Waals surface area (Å²) in [5, 5.41) is 1.40. The molecular formula is C23H27Cl2N3O2S2. The molecule has 0 spiro atoms. The number of aryl methyl sites for hydroxylation is 1. The summed E-state index contributed by atoms with van der Waals surface area (Å²) in [6, 6.07) is 11.7. The van der Waals surface area contributed by atoms with Gasteiger partial charge in [-0.25, -0.2) is 4.98 Å². The van der Waals surface area contributed by atoms with Gasteiger partial charge in [-0.1, -0.05) is 29.9 Å². The van der Waals surface area contributed by atoms with Crippen LogP contribution < -0.4 is 4.90 Å². The van der Waals surface area contributed by atoms with Crippen LogP contribution in [0, 0.1) is 6.92 Å². The molecule has 5 nitrogen and oxygen atoms in total. The number of halogens is 2. The molecule has 9 heteroatoms. The first-order valence-corrected chi connectivity index (χ1v) is 12.6. The van der Waals surface area contributed by atoms with Gasteiger partial charge in [0.05, 0.1) is 23.4 Å². The quantitative estimate of drug-likeness (QED) is 0.376. The molecule has 172 valence electrons. The van der Waals surface area contributed by atoms with Crippen LogP contribution in [0.25, 0.3) is 10.2 Å². The molecule has 0 aliphatic carbocycles. The molecule has 0 radical (unpaired) electrons. The molecule has 32 heavy (non-hydrogen) atoms. The molecule has 1 amide bonds. The first-order chi connectivity index (χ1) is 15.0. The molecule has 1 saturated heterocycles. The van der Waals surface area contributed by atoms with Gasteiger partial charge in [0.25, 0.3) is 5.91 Å². The Bertz CT molecular complexity index is 1050. The third-order valence-corrected chi connectivity index (χ3v) is 7.41. The lowest BCUT2D eigenvalue weighted by molar-refractivity contribution is 0.0391. The predicted octanol–water partition coefficient (Wildman–Crippen LogP) is 5.77. The number of nitrogens with zero attached hydrogens (tertiary/aromatic N) is 3. The van der Waals surface area contributed by atoms with E-state index >= 15 is 0 Å². The molecule has 0 saturated carbocycles. The van der Waals surface area contributed by atoms with E-state index in [9.17, 15) is 4.79 Å². The molecule has 2 aromatic carbocycles. The maximum Gasteiger partial charge on any atom is 0.260 e. The Hall–Kier alpha value is -1.35. The van der Waals surface area contributed by atoms with Crippen molar-refractivity contribution in [2.75, 3.05) is 50.0 Å². The van der Waals surface area contributed by atoms with Crippen molar-refractivity contribution in [2.45, 2.75) is 18.7 Å². The highest BCUT2D eigenvalue weighted by Crippen LogP contribution is 2.33. The smallest absolute Gasteiger partial charge is 0.260 e. The second kappa shape index (κ2) is 11.7. The molecule has 1 aromatic heterocycles. The number of morpholine rings is 1. The van der Waals surface area contributed by atoms with Crippen molar-refractivity contribution in [3.8, 4) is 0 Å². The minimum absolute atomic E-state index is 0. The van der Waals surface area contributed by atoms with E-state index in [1.807, 2.05) is 48.2 Å². The van der Waals surface area contributed by atoms with Gasteiger partial charge in [-0.05, 0) is 54.6 Å². The second-order valence-electron chi connectivity index (χ2n) is 7.43. The van der Waals surface area contributed by atoms with Gasteiger partial charge in [0, 0.05) is 41.7 Å². The third kappa shape index (κ3) is 5.95. The van der Waals surface area contributed by atoms with Crippen LogP contribution in [0.2, 0.25) is 5.02 Å². The van der Waals surface area contributed by atoms with Gasteiger partial charge in [0.1, 0.15) is 0 Å². The Kier molecular flexibility index (Phi) is 9.22. The van der Waals surface area contributed by atoms with Crippen LogP contribution >= 0.6 is 47.1 Å². The van der Waals surface area contributed by atoms with Crippen LogP contribution in [-0.2, 0) is 4.74 Å². The first kappa shape index (κ1) is 25.3. The van der Waals surface area contributed by atoms with E-state index < -0.39 is 0 Å². The maximum atomic E-state index is 13.5. The fourth-order valence-corrected chi connectivity index (χ4v) is 5.73. The number of benzene rings is 2. The number of rotatable bonds is 7. The minimum Gasteiger partial charge on any atom is -0.379 e. The van der Waals surface area contributed by atoms with E-state index in [2.05, 4.69) is 11.8 Å². The normalized spacial score (nSPS) is 14.3. The SMILES string of the molecule is CCSc1ccc(C(=O)N(CCN2CCOCC2)c2nc3c(C)cc(Cl)cc3s2)cc1.Cl. The zero-order chi connectivity index (χ0) is 21.8. The Labute approximate surface area is 208 Å². The summed E-state index contributed by atoms with van der Waals surface area (Å²) in [6.07, 6.45) is 0. The first-order valence-electron chi connectivity index (χ1n) is 10.5. The standard InChI is InChI=1S/C23H26ClN3O2S2.ClH/c1-3-30-19-6-4-17(5-7-19)22(28)27(9-8-26-10-12-29-13-11-26)23-25-21-16(2)14-18(24)15-20(21)31-23;/h4-7,14-15H,3,8-13H2,1-2H3;1H. The molecule has 0 N–H and O–H groups in total. The van der Waals surface area contributed by atoms with Gasteiger partial charge < -0.3 is 4.74 Å². The van der Waals surface area contributed by atoms with Crippen molar-refractivity contribution in [1.82, 2.24) is 9.88 Å². The number of fused-ring (bicyclic) bond motifs is 1. The molecular weight excluding hydrogens is 485 g/mol. The number of hydrogen-bond acceptors (Lipinski definition) is 6. The number of ether oxygens (including phenoxy) is 1. The summed E-state index contributed by atoms with van der Waals surface area (Å²) >= 11 is 9.54. The summed E-state index contributed by atoms with van der Waals surface area (Å²) in [6.45, 7) is 8.75. The summed E-state index contributed by atoms with van der Waals surface area (Å²) in [5.41, 5.74) is 2.60. The van der Waals surface area contributed by atoms with Crippen molar-refractivity contribution in [3.05, 3.63) is 52.5 Å². The van der Waals surface area contributed by atoms with E-state index in [-0.39, 0.29) is 18.3 Å². The monoisotopic (exact) mass is 511 g/mol. The van der Waals surface area contributed by atoms with Gasteiger partial charge in [0.15, 0.2) is 5.13 Å². The molecule has 0 unspecified atom stereocenters. The van der Waals surface area contributed by atoms with Crippen LogP contribution in [0.5, 0.6) is 0 Å². The Morgan fingerprint density at radius 3 is 2.66 bits per heavy atom. The van der Waals surface area contributed by atoms with Crippen molar-refractivity contribution in [2.24, 2.45) is 0 Å². The molecule has 1 aliphatic rings. The average Bonchev–Trinajstić information content (AvgIpc) is 3.19. The van der Waals surface area contributed by atoms with Gasteiger partial charge in [-0.15, -0.1) is 24.2 Å². The Balaban J connectivity index is 0.00000289. The molecule has 1 fully saturated rings. The lowest BCUT2D eigenvalue weighted by Crippen LogP contribution is -2.43. The summed E-state index contributed by atoms with van der Waals surface area (Å²) in [5.74, 6) is 0.983. The highest BCUT2D eigenvalue weighted by molar-refractivity contribution is 7.99. The van der Waals surface area contributed by atoms with Crippen LogP contribution in [0.4, 0.5) is 5.13 Å². The van der Waals surface area contributed by atoms with Crippen molar-refractivity contribution < 1.29 is 9.53 Å². The van der Waals surface area contributed by atoms with E-state index in [1.54, 1.807) is 11.8 Å². The summed E-state index contributed by atoms with van der Waals surface area (Å²) in [7, 11) is 0. The number of carbonyl (C=O) groups is 1. The Morgan fingerprint density at radius 2 is 1.97 bits per heavy atom. The molecule has 0 bridgehead atoms. The van der Waals surface area contributed by atoms with Crippen molar-refractivity contribution >= 4 is 68.4 Å². The second-order valence-corrected chi connectivity index (χ2v) is 10.2. The zero-order valence-corrected chi connectivity index (χ0v) is 21.4. The molecule has 3 aromatic rings. The van der Waals surface area contributed by atoms with E-state index in [0.29, 0.717) is 22.3 Å². The van der Waals surface area contributed by atoms with Crippen LogP contribution in [0.3, 0.4) is 0 Å². The molecule has 1 aliphatic heterocycles. The number of amides is 1. The molecule has 2 heterocycles. The molecule has 0 atom stereocenters. The number of thiazole rings is 1. The summed E-state index contributed by atoms with van der Waals surface area (Å²) in [4.78, 5) is 23.7. The lowest BCUT2D eigenvalue weighted by atomic mass is 10.2. The maximum absolute atomic E-state index is 13.5. The highest BCUT2D eigenvalue weighted by Gasteiger charge is 2.23. The Morgan fingerprint density at radius 1 is 1.25 bits per heavy atom. The van der Waals surface area contributed by atoms with Crippen LogP contribution in [0.15, 0.2) is 41.3 Å². The van der Waals surface area contributed by atoms with E-state index in [4.69, 9.17) is 21.3 Å². The fraction of sp³-hybridized carbons (Fsp3) is 0.391. The van der Waals surface area contributed by atoms with Gasteiger partial charge in [-0.3, -0.25) is 14.6 Å². The van der Waals surface area contributed by atoms with Crippen molar-refractivity contribution in [1.29, 1.82) is 0 Å². The number of anilines is 1. The highest BCUT2D eigenvalue weighted by atomic mass is 35.5. The van der Waals surface area contributed by atoms with Crippen LogP contribution in [0.1, 0.15) is 22.8 Å². The van der Waals surface area contributed by atoms with Crippen molar-refractivity contribution in [3.63, 3.8) is 0 Å². The predicted molar refractivity (Wildman–Crippen MR) is 138 cm³/mol. The number of thioether (sulfide) groups is 1. The average molecular weight is 513 g/mol. The fourth-order valence-electron chi connectivity index (χ4n) is 3.62. The zero-order valence-electron chi connectivity index (χ0n) is 18.2. The minimum atomic E-state index is -0.0240. The van der Waals surface area contributed by atoms with E-state index in [1.165, 1.54) is 16.2 Å². The number of hydrogen-bond donors (Lipinski definition) is 0. The summed E-state index contributed by atoms with van der Waals surface area (Å²) < 4.78 is 6.46. The molecule has 4 rings (SSSR count). The van der Waals surface area contributed by atoms with E-state index in [0.717, 1.165) is 54.4 Å². The van der Waals surface area contributed by atoms with Gasteiger partial charge in [0.2, 0.25) is 0 Å². The largest absolute Gasteiger partial charge is 0.379 e. The van der Waals surface area contributed by atoms with Gasteiger partial charge in [-0.2, -0.15) is 0 Å². The van der Waals surface area contributed by atoms with Gasteiger partial charge >= 0.3 is 0 Å².